The molecule has 0 bridgehead atoms. The summed E-state index contributed by atoms with van der Waals surface area (Å²) in [6, 6.07) is 30.6. The van der Waals surface area contributed by atoms with Crippen LogP contribution in [0.1, 0.15) is 113 Å². The van der Waals surface area contributed by atoms with E-state index in [1.807, 2.05) is 101 Å². The SMILES string of the molecule is Cc1cc(N2CCC3(CC2)CO[C@@H](C)C3N)n2c(CO)nnc2c1Sc1cccc(Cl)c1Cl.Cc1nc2c(Sc3cccc(Cl)c3Cl)c(CO)cc(N3CCC4(CC3)CO[C@@H](C)C4N)n2n1.Cc1nc2c(Sc3cccc(Cl)c3Cl)c(N)cc(N3CCC4(CC3)CO[C@@H](C)C4N)n2n1.Cc1nnc2c(Sc3cccc(Cl)c3Cl)c(N)cc(N3CCC4(CC3)CO[C@@H](C)C4N)n12. The fraction of sp³-hybridized carbons (Fsp3) is 0.467. The van der Waals surface area contributed by atoms with Crippen LogP contribution in [0.25, 0.3) is 22.6 Å². The highest BCUT2D eigenvalue weighted by Gasteiger charge is 2.52. The summed E-state index contributed by atoms with van der Waals surface area (Å²) in [6.45, 7) is 25.5. The fourth-order valence-electron chi connectivity index (χ4n) is 19.5. The van der Waals surface area contributed by atoms with Crippen LogP contribution in [0.15, 0.2) is 136 Å². The average Bonchev–Trinajstić information content (AvgIpc) is 1.61. The minimum atomic E-state index is -0.201. The molecule has 8 aliphatic rings. The molecule has 12 aromatic rings. The van der Waals surface area contributed by atoms with Gasteiger partial charge in [-0.05, 0) is 179 Å². The topological polar surface area (TPSA) is 367 Å². The van der Waals surface area contributed by atoms with Crippen LogP contribution in [0.5, 0.6) is 0 Å². The van der Waals surface area contributed by atoms with Gasteiger partial charge in [-0.2, -0.15) is 9.03 Å². The summed E-state index contributed by atoms with van der Waals surface area (Å²) in [5.41, 5.74) is 45.2. The molecule has 4 aromatic carbocycles. The van der Waals surface area contributed by atoms with Gasteiger partial charge in [0.25, 0.3) is 0 Å². The fourth-order valence-corrected chi connectivity index (χ4v) is 25.4. The van der Waals surface area contributed by atoms with E-state index >= 15 is 0 Å². The van der Waals surface area contributed by atoms with E-state index in [2.05, 4.69) is 100 Å². The second kappa shape index (κ2) is 38.9. The Balaban J connectivity index is 0.000000121. The van der Waals surface area contributed by atoms with Gasteiger partial charge in [0, 0.05) is 130 Å². The largest absolute Gasteiger partial charge is 0.398 e. The van der Waals surface area contributed by atoms with Crippen molar-refractivity contribution in [3.05, 3.63) is 172 Å². The predicted molar refractivity (Wildman–Crippen MR) is 523 cm³/mol. The first-order valence-corrected chi connectivity index (χ1v) is 49.8. The van der Waals surface area contributed by atoms with Crippen LogP contribution in [-0.4, -0.2) is 196 Å². The van der Waals surface area contributed by atoms with Gasteiger partial charge in [0.15, 0.2) is 28.4 Å². The van der Waals surface area contributed by atoms with Crippen LogP contribution >= 0.6 is 140 Å². The summed E-state index contributed by atoms with van der Waals surface area (Å²) in [6.07, 6.45) is 8.16. The van der Waals surface area contributed by atoms with E-state index in [-0.39, 0.29) is 83.5 Å². The molecule has 4 unspecified atom stereocenters. The van der Waals surface area contributed by atoms with Gasteiger partial charge in [-0.3, -0.25) is 8.80 Å². The Morgan fingerprint density at radius 1 is 0.385 bits per heavy atom. The lowest BCUT2D eigenvalue weighted by Crippen LogP contribution is -2.51. The number of piperidine rings is 4. The number of hydrogen-bond acceptors (Lipinski definition) is 28. The number of nitrogens with zero attached hydrogens (tertiary/aromatic N) is 16. The highest BCUT2D eigenvalue weighted by Crippen LogP contribution is 2.52. The number of nitrogens with two attached hydrogens (primary N) is 6. The maximum atomic E-state index is 10.3. The first kappa shape index (κ1) is 95.2. The Morgan fingerprint density at radius 2 is 0.700 bits per heavy atom. The number of aliphatic hydroxyl groups is 2. The smallest absolute Gasteiger partial charge is 0.178 e. The minimum absolute atomic E-state index is 0.0340. The summed E-state index contributed by atoms with van der Waals surface area (Å²) >= 11 is 56.4. The number of nitrogen functional groups attached to an aromatic ring is 2. The number of benzene rings is 4. The number of pyridine rings is 4. The lowest BCUT2D eigenvalue weighted by atomic mass is 9.73. The van der Waals surface area contributed by atoms with E-state index in [1.165, 1.54) is 47.0 Å². The van der Waals surface area contributed by atoms with E-state index in [9.17, 15) is 10.2 Å². The summed E-state index contributed by atoms with van der Waals surface area (Å²) in [5, 5.41) is 51.1. The molecular weight excluding hydrogens is 1900 g/mol. The quantitative estimate of drug-likeness (QED) is 0.0501. The van der Waals surface area contributed by atoms with Gasteiger partial charge in [0.1, 0.15) is 47.4 Å². The van der Waals surface area contributed by atoms with Crippen molar-refractivity contribution < 1.29 is 29.2 Å². The molecule has 20 rings (SSSR count). The molecule has 0 amide bonds. The zero-order valence-corrected chi connectivity index (χ0v) is 82.5. The van der Waals surface area contributed by atoms with E-state index in [1.54, 1.807) is 24.3 Å². The maximum Gasteiger partial charge on any atom is 0.178 e. The number of aliphatic hydroxyl groups excluding tert-OH is 2. The van der Waals surface area contributed by atoms with Crippen molar-refractivity contribution in [3.8, 4) is 0 Å². The molecule has 4 spiro atoms. The van der Waals surface area contributed by atoms with E-state index in [4.69, 9.17) is 151 Å². The number of rotatable bonds is 14. The van der Waals surface area contributed by atoms with Crippen molar-refractivity contribution in [2.45, 2.75) is 208 Å². The van der Waals surface area contributed by atoms with Gasteiger partial charge in [0.05, 0.1) is 129 Å². The molecule has 0 saturated carbocycles. The Morgan fingerprint density at radius 3 is 1.06 bits per heavy atom. The summed E-state index contributed by atoms with van der Waals surface area (Å²) in [7, 11) is 0. The van der Waals surface area contributed by atoms with Gasteiger partial charge >= 0.3 is 0 Å². The first-order valence-electron chi connectivity index (χ1n) is 43.5. The molecule has 16 heterocycles. The molecule has 692 valence electrons. The predicted octanol–water partition coefficient (Wildman–Crippen LogP) is 17.5. The molecule has 0 radical (unpaired) electrons. The average molecular weight is 2000 g/mol. The van der Waals surface area contributed by atoms with Crippen LogP contribution in [0.4, 0.5) is 34.6 Å². The molecule has 8 fully saturated rings. The molecule has 8 saturated heterocycles. The number of ether oxygens (including phenoxy) is 4. The highest BCUT2D eigenvalue weighted by atomic mass is 35.5. The van der Waals surface area contributed by atoms with Crippen molar-refractivity contribution in [2.24, 2.45) is 44.6 Å². The molecule has 0 aliphatic carbocycles. The van der Waals surface area contributed by atoms with Crippen LogP contribution in [0, 0.1) is 49.4 Å². The Labute approximate surface area is 811 Å². The number of hydrogen-bond donors (Lipinski definition) is 8. The third-order valence-corrected chi connectivity index (χ3v) is 36.2. The van der Waals surface area contributed by atoms with Crippen LogP contribution in [-0.2, 0) is 32.2 Å². The first-order chi connectivity index (χ1) is 62.3. The maximum absolute atomic E-state index is 10.3. The molecule has 40 heteroatoms. The lowest BCUT2D eigenvalue weighted by molar-refractivity contribution is 0.0973. The molecule has 14 N–H and O–H groups in total. The van der Waals surface area contributed by atoms with Crippen molar-refractivity contribution in [1.82, 2.24) is 58.4 Å². The van der Waals surface area contributed by atoms with Crippen molar-refractivity contribution in [2.75, 3.05) is 110 Å². The number of aryl methyl sites for hydroxylation is 4. The third kappa shape index (κ3) is 18.2. The van der Waals surface area contributed by atoms with Gasteiger partial charge in [0.2, 0.25) is 0 Å². The van der Waals surface area contributed by atoms with Gasteiger partial charge < -0.3 is 83.2 Å². The van der Waals surface area contributed by atoms with Crippen molar-refractivity contribution >= 4 is 197 Å². The van der Waals surface area contributed by atoms with Crippen molar-refractivity contribution in [1.29, 1.82) is 0 Å². The molecule has 28 nitrogen and oxygen atoms in total. The van der Waals surface area contributed by atoms with Gasteiger partial charge in [-0.15, -0.1) is 30.6 Å². The lowest BCUT2D eigenvalue weighted by Gasteiger charge is -2.42. The molecule has 8 atom stereocenters. The number of anilines is 6. The van der Waals surface area contributed by atoms with Gasteiger partial charge in [-0.25, -0.2) is 9.97 Å². The Hall–Kier alpha value is -6.52. The zero-order chi connectivity index (χ0) is 91.9. The molecule has 130 heavy (non-hydrogen) atoms. The summed E-state index contributed by atoms with van der Waals surface area (Å²) in [5.74, 6) is 6.51. The minimum Gasteiger partial charge on any atom is -0.398 e. The molecule has 8 aliphatic heterocycles. The monoisotopic (exact) mass is 2000 g/mol. The van der Waals surface area contributed by atoms with Crippen LogP contribution < -0.4 is 54.0 Å². The second-order valence-corrected chi connectivity index (χ2v) is 42.8. The normalized spacial score (nSPS) is 22.7. The van der Waals surface area contributed by atoms with Crippen molar-refractivity contribution in [3.63, 3.8) is 0 Å². The number of halogens is 8. The summed E-state index contributed by atoms with van der Waals surface area (Å²) < 4.78 is 31.3. The van der Waals surface area contributed by atoms with Crippen LogP contribution in [0.3, 0.4) is 0 Å². The standard InChI is InChI=1S/2C23H27Cl2N5O2S.2C22H26Cl2N6OS/c1-13-21(26)23(12-32-13)6-8-29(9-7-23)18-10-15(11-31)20(22-27-14(2)28-30(18)22)33-17-5-3-4-16(24)19(17)25;1-13-10-18(29-8-6-23(7-9-29)12-32-14(2)21(23)26)30-17(11-31)27-28-22(30)20(13)33-16-5-3-4-15(24)19(16)25;1-12-20(26)22(11-31-12)6-8-29(9-7-22)17-10-15(25)19(21-28-27-13(2)30(17)21)32-16-5-3-4-14(23)18(16)24;1-12-20(26)22(11-31-12)6-8-29(9-7-22)17-10-15(25)19(21-27-13(2)28-30(17)21)32-16-5-3-4-14(23)18(16)24/h3-5,10,13,21,31H,6-9,11-12,26H2,1-2H3;3-5,10,14,21,31H,6-9,11-12,26H2,1-2H3;2*3-5,10,12,20H,6-9,11,25-26H2,1-2H3/t13-,21?;14-,21?;2*12-,20?/m0000/s1. The number of fused-ring (bicyclic) bond motifs is 4. The number of aromatic nitrogens is 12. The highest BCUT2D eigenvalue weighted by molar-refractivity contribution is 8.00. The molecule has 8 aromatic heterocycles. The third-order valence-electron chi connectivity index (χ3n) is 27.6. The van der Waals surface area contributed by atoms with E-state index in [0.717, 1.165) is 210 Å². The zero-order valence-electron chi connectivity index (χ0n) is 73.2. The van der Waals surface area contributed by atoms with E-state index < -0.39 is 0 Å². The molecular formula is C90H106Cl8N22O6S4. The Kier molecular flexibility index (Phi) is 28.5. The Bertz CT molecular complexity index is 6150. The van der Waals surface area contributed by atoms with E-state index in [0.29, 0.717) is 91.6 Å². The summed E-state index contributed by atoms with van der Waals surface area (Å²) in [4.78, 5) is 25.4. The van der Waals surface area contributed by atoms with Gasteiger partial charge in [-0.1, -0.05) is 164 Å². The van der Waals surface area contributed by atoms with Crippen LogP contribution in [0.2, 0.25) is 40.2 Å². The second-order valence-electron chi connectivity index (χ2n) is 35.4.